The van der Waals surface area contributed by atoms with Crippen LogP contribution >= 0.6 is 0 Å². The van der Waals surface area contributed by atoms with Gasteiger partial charge in [0.1, 0.15) is 4.90 Å². The highest BCUT2D eigenvalue weighted by atomic mass is 32.2. The topological polar surface area (TPSA) is 101 Å². The van der Waals surface area contributed by atoms with Gasteiger partial charge in [-0.05, 0) is 49.9 Å². The van der Waals surface area contributed by atoms with E-state index in [0.29, 0.717) is 16.7 Å². The minimum absolute atomic E-state index is 0.188. The molecule has 6 nitrogen and oxygen atoms in total. The van der Waals surface area contributed by atoms with E-state index in [1.165, 1.54) is 6.92 Å². The Morgan fingerprint density at radius 2 is 1.32 bits per heavy atom. The van der Waals surface area contributed by atoms with Crippen molar-refractivity contribution in [2.45, 2.75) is 32.6 Å². The van der Waals surface area contributed by atoms with Gasteiger partial charge in [0.25, 0.3) is 10.1 Å². The van der Waals surface area contributed by atoms with Gasteiger partial charge in [-0.3, -0.25) is 9.27 Å². The van der Waals surface area contributed by atoms with Crippen LogP contribution in [0.2, 0.25) is 0 Å². The summed E-state index contributed by atoms with van der Waals surface area (Å²) < 4.78 is 57.1. The Hall–Kier alpha value is -1.12. The van der Waals surface area contributed by atoms with Gasteiger partial charge in [-0.25, -0.2) is 8.42 Å². The molecule has 1 aromatic carbocycles. The molecule has 0 bridgehead atoms. The van der Waals surface area contributed by atoms with Crippen molar-refractivity contribution in [1.82, 2.24) is 0 Å². The number of anilines is 1. The third-order valence-electron chi connectivity index (χ3n) is 3.10. The Morgan fingerprint density at radius 3 is 1.68 bits per heavy atom. The monoisotopic (exact) mass is 307 g/mol. The lowest BCUT2D eigenvalue weighted by atomic mass is 9.98. The summed E-state index contributed by atoms with van der Waals surface area (Å²) in [5.74, 6) is 0. The molecule has 1 rings (SSSR count). The third kappa shape index (κ3) is 3.26. The Balaban J connectivity index is 3.82. The van der Waals surface area contributed by atoms with E-state index in [1.807, 2.05) is 0 Å². The zero-order valence-electron chi connectivity index (χ0n) is 11.4. The van der Waals surface area contributed by atoms with E-state index in [2.05, 4.69) is 4.72 Å². The first kappa shape index (κ1) is 15.9. The summed E-state index contributed by atoms with van der Waals surface area (Å²) in [6.45, 7) is 6.39. The molecular formula is C11H17NO5S2. The summed E-state index contributed by atoms with van der Waals surface area (Å²) in [6, 6.07) is 0. The largest absolute Gasteiger partial charge is 0.295 e. The fourth-order valence-electron chi connectivity index (χ4n) is 2.04. The van der Waals surface area contributed by atoms with E-state index in [9.17, 15) is 21.4 Å². The molecule has 0 amide bonds. The first-order valence-electron chi connectivity index (χ1n) is 5.42. The van der Waals surface area contributed by atoms with Gasteiger partial charge in [-0.1, -0.05) is 0 Å². The highest BCUT2D eigenvalue weighted by Gasteiger charge is 2.24. The first-order valence-corrected chi connectivity index (χ1v) is 8.75. The van der Waals surface area contributed by atoms with Gasteiger partial charge < -0.3 is 0 Å². The van der Waals surface area contributed by atoms with Crippen molar-refractivity contribution in [2.75, 3.05) is 11.0 Å². The Labute approximate surface area is 113 Å². The van der Waals surface area contributed by atoms with Gasteiger partial charge in [0.15, 0.2) is 0 Å². The van der Waals surface area contributed by atoms with E-state index in [4.69, 9.17) is 0 Å². The minimum Gasteiger partial charge on any atom is -0.283 e. The van der Waals surface area contributed by atoms with E-state index in [1.54, 1.807) is 20.8 Å². The first-order chi connectivity index (χ1) is 8.36. The van der Waals surface area contributed by atoms with E-state index < -0.39 is 20.1 Å². The van der Waals surface area contributed by atoms with E-state index >= 15 is 0 Å². The van der Waals surface area contributed by atoms with Crippen LogP contribution in [0.25, 0.3) is 0 Å². The molecule has 2 N–H and O–H groups in total. The molecule has 1 aromatic rings. The van der Waals surface area contributed by atoms with Gasteiger partial charge in [0, 0.05) is 0 Å². The van der Waals surface area contributed by atoms with Crippen molar-refractivity contribution >= 4 is 25.8 Å². The van der Waals surface area contributed by atoms with Crippen LogP contribution in [0.15, 0.2) is 4.90 Å². The lowest BCUT2D eigenvalue weighted by molar-refractivity contribution is 0.482. The maximum atomic E-state index is 11.4. The van der Waals surface area contributed by atoms with E-state index in [0.717, 1.165) is 6.26 Å². The van der Waals surface area contributed by atoms with Crippen LogP contribution in [0.5, 0.6) is 0 Å². The van der Waals surface area contributed by atoms with Crippen molar-refractivity contribution in [3.63, 3.8) is 0 Å². The molecule has 0 aliphatic rings. The van der Waals surface area contributed by atoms with Crippen molar-refractivity contribution in [1.29, 1.82) is 0 Å². The number of rotatable bonds is 3. The van der Waals surface area contributed by atoms with Gasteiger partial charge in [-0.15, -0.1) is 0 Å². The minimum atomic E-state index is -4.42. The van der Waals surface area contributed by atoms with Crippen molar-refractivity contribution in [2.24, 2.45) is 0 Å². The fourth-order valence-corrected chi connectivity index (χ4v) is 3.75. The molecule has 0 aromatic heterocycles. The van der Waals surface area contributed by atoms with Crippen LogP contribution in [0, 0.1) is 27.7 Å². The molecule has 0 heterocycles. The lowest BCUT2D eigenvalue weighted by Gasteiger charge is -2.19. The summed E-state index contributed by atoms with van der Waals surface area (Å²) >= 11 is 0. The second-order valence-corrected chi connectivity index (χ2v) is 7.66. The highest BCUT2D eigenvalue weighted by molar-refractivity contribution is 7.92. The molecule has 0 radical (unpaired) electrons. The quantitative estimate of drug-likeness (QED) is 0.825. The Morgan fingerprint density at radius 1 is 0.842 bits per heavy atom. The standard InChI is InChI=1S/C11H17NO5S2/c1-6-7(2)10(12-18(5,13)14)9(4)11(8(6)3)19(15,16)17/h12H,1-5H3,(H,15,16,17). The summed E-state index contributed by atoms with van der Waals surface area (Å²) in [4.78, 5) is -0.248. The molecule has 0 aliphatic heterocycles. The van der Waals surface area contributed by atoms with Crippen LogP contribution in [-0.2, 0) is 20.1 Å². The zero-order chi connectivity index (χ0) is 15.2. The average Bonchev–Trinajstić information content (AvgIpc) is 2.18. The Bertz CT molecular complexity index is 733. The third-order valence-corrected chi connectivity index (χ3v) is 4.80. The smallest absolute Gasteiger partial charge is 0.283 e. The second kappa shape index (κ2) is 4.77. The molecular weight excluding hydrogens is 290 g/mol. The average molecular weight is 307 g/mol. The zero-order valence-corrected chi connectivity index (χ0v) is 13.0. The number of hydrogen-bond donors (Lipinski definition) is 2. The van der Waals surface area contributed by atoms with Crippen LogP contribution in [-0.4, -0.2) is 27.6 Å². The molecule has 0 aliphatic carbocycles. The molecule has 0 saturated heterocycles. The Kier molecular flexibility index (Phi) is 4.00. The molecule has 0 spiro atoms. The van der Waals surface area contributed by atoms with Crippen molar-refractivity contribution in [3.05, 3.63) is 22.3 Å². The summed E-state index contributed by atoms with van der Waals surface area (Å²) in [5, 5.41) is 0. The summed E-state index contributed by atoms with van der Waals surface area (Å²) in [6.07, 6.45) is 0.980. The van der Waals surface area contributed by atoms with Crippen molar-refractivity contribution in [3.8, 4) is 0 Å². The maximum absolute atomic E-state index is 11.4. The van der Waals surface area contributed by atoms with Crippen LogP contribution in [0.4, 0.5) is 5.69 Å². The predicted molar refractivity (Wildman–Crippen MR) is 73.7 cm³/mol. The molecule has 0 saturated carbocycles. The van der Waals surface area contributed by atoms with E-state index in [-0.39, 0.29) is 16.1 Å². The lowest BCUT2D eigenvalue weighted by Crippen LogP contribution is -2.16. The van der Waals surface area contributed by atoms with Gasteiger partial charge in [0.2, 0.25) is 10.0 Å². The van der Waals surface area contributed by atoms with Crippen LogP contribution < -0.4 is 4.72 Å². The number of nitrogens with one attached hydrogen (secondary N) is 1. The SMILES string of the molecule is Cc1c(C)c(NS(C)(=O)=O)c(C)c(S(=O)(=O)O)c1C. The molecule has 0 unspecified atom stereocenters. The highest BCUT2D eigenvalue weighted by Crippen LogP contribution is 2.33. The molecule has 19 heavy (non-hydrogen) atoms. The van der Waals surface area contributed by atoms with Gasteiger partial charge >= 0.3 is 0 Å². The predicted octanol–water partition coefficient (Wildman–Crippen LogP) is 1.54. The number of sulfonamides is 1. The molecule has 108 valence electrons. The molecule has 0 fully saturated rings. The fraction of sp³-hybridized carbons (Fsp3) is 0.455. The number of benzene rings is 1. The maximum Gasteiger partial charge on any atom is 0.295 e. The van der Waals surface area contributed by atoms with Crippen LogP contribution in [0.1, 0.15) is 22.3 Å². The van der Waals surface area contributed by atoms with Gasteiger partial charge in [-0.2, -0.15) is 8.42 Å². The summed E-state index contributed by atoms with van der Waals surface area (Å²) in [7, 11) is -7.96. The van der Waals surface area contributed by atoms with Crippen LogP contribution in [0.3, 0.4) is 0 Å². The molecule has 8 heteroatoms. The molecule has 0 atom stereocenters. The van der Waals surface area contributed by atoms with Gasteiger partial charge in [0.05, 0.1) is 11.9 Å². The number of hydrogen-bond acceptors (Lipinski definition) is 4. The normalized spacial score (nSPS) is 12.5. The van der Waals surface area contributed by atoms with Crippen molar-refractivity contribution < 1.29 is 21.4 Å². The second-order valence-electron chi connectivity index (χ2n) is 4.55. The summed E-state index contributed by atoms with van der Waals surface area (Å²) in [5.41, 5.74) is 2.04.